The molecule has 0 amide bonds. The molecule has 2 N–H and O–H groups in total. The second kappa shape index (κ2) is 11.2. The van der Waals surface area contributed by atoms with Gasteiger partial charge in [-0.25, -0.2) is 0 Å². The molecule has 0 aliphatic heterocycles. The minimum absolute atomic E-state index is 0. The molecular formula is C17H31IN4OS. The number of hydrogen-bond acceptors (Lipinski definition) is 4. The minimum Gasteiger partial charge on any atom is -0.359 e. The van der Waals surface area contributed by atoms with Crippen molar-refractivity contribution in [2.45, 2.75) is 69.7 Å². The highest BCUT2D eigenvalue weighted by molar-refractivity contribution is 14.0. The fraction of sp³-hybridized carbons (Fsp3) is 0.765. The topological polar surface area (TPSA) is 62.5 Å². The summed E-state index contributed by atoms with van der Waals surface area (Å²) in [5, 5.41) is 11.8. The Morgan fingerprint density at radius 2 is 2.17 bits per heavy atom. The van der Waals surface area contributed by atoms with Crippen LogP contribution in [0.2, 0.25) is 0 Å². The normalized spacial score (nSPS) is 21.0. The van der Waals surface area contributed by atoms with Crippen LogP contribution in [-0.2, 0) is 6.54 Å². The van der Waals surface area contributed by atoms with Crippen molar-refractivity contribution in [3.8, 4) is 0 Å². The first-order chi connectivity index (χ1) is 11.2. The minimum atomic E-state index is 0. The second-order valence-electron chi connectivity index (χ2n) is 6.17. The molecule has 0 aromatic carbocycles. The third-order valence-electron chi connectivity index (χ3n) is 4.69. The van der Waals surface area contributed by atoms with Gasteiger partial charge in [0.25, 0.3) is 0 Å². The smallest absolute Gasteiger partial charge is 0.191 e. The van der Waals surface area contributed by atoms with Crippen LogP contribution in [0.4, 0.5) is 0 Å². The van der Waals surface area contributed by atoms with Crippen LogP contribution in [0.1, 0.15) is 63.3 Å². The molecule has 24 heavy (non-hydrogen) atoms. The molecule has 1 aromatic rings. The van der Waals surface area contributed by atoms with Crippen LogP contribution in [0.15, 0.2) is 15.6 Å². The van der Waals surface area contributed by atoms with E-state index in [1.165, 1.54) is 19.3 Å². The van der Waals surface area contributed by atoms with Crippen LogP contribution < -0.4 is 10.6 Å². The van der Waals surface area contributed by atoms with Crippen molar-refractivity contribution in [2.24, 2.45) is 4.99 Å². The lowest BCUT2D eigenvalue weighted by molar-refractivity contribution is 0.368. The zero-order chi connectivity index (χ0) is 16.7. The summed E-state index contributed by atoms with van der Waals surface area (Å²) >= 11 is 1.97. The molecule has 5 nitrogen and oxygen atoms in total. The highest BCUT2D eigenvalue weighted by Gasteiger charge is 2.24. The molecule has 1 heterocycles. The standard InChI is InChI=1S/C17H30N4OS.HI/c1-5-12(6-2)16-10-14(22-21-16)11-19-17(18-3)20-13-7-8-15(9-13)23-4;/h10,12-13,15H,5-9,11H2,1-4H3,(H2,18,19,20);1H. The van der Waals surface area contributed by atoms with Gasteiger partial charge >= 0.3 is 0 Å². The molecule has 7 heteroatoms. The van der Waals surface area contributed by atoms with Gasteiger partial charge in [-0.2, -0.15) is 11.8 Å². The SMILES string of the molecule is CCC(CC)c1cc(CNC(=NC)NC2CCC(SC)C2)on1.I. The van der Waals surface area contributed by atoms with Gasteiger partial charge < -0.3 is 15.2 Å². The number of rotatable bonds is 7. The summed E-state index contributed by atoms with van der Waals surface area (Å²) in [6.07, 6.45) is 8.10. The summed E-state index contributed by atoms with van der Waals surface area (Å²) in [7, 11) is 1.81. The molecule has 0 spiro atoms. The Bertz CT molecular complexity index is 505. The lowest BCUT2D eigenvalue weighted by Crippen LogP contribution is -2.42. The summed E-state index contributed by atoms with van der Waals surface area (Å²) in [4.78, 5) is 4.32. The number of aliphatic imine (C=N–C) groups is 1. The van der Waals surface area contributed by atoms with E-state index in [0.717, 1.165) is 35.5 Å². The zero-order valence-electron chi connectivity index (χ0n) is 15.2. The fourth-order valence-corrected chi connectivity index (χ4v) is 3.95. The van der Waals surface area contributed by atoms with Gasteiger partial charge in [0, 0.05) is 30.3 Å². The Labute approximate surface area is 167 Å². The predicted octanol–water partition coefficient (Wildman–Crippen LogP) is 4.15. The van der Waals surface area contributed by atoms with Crippen LogP contribution in [0.25, 0.3) is 0 Å². The van der Waals surface area contributed by atoms with E-state index >= 15 is 0 Å². The van der Waals surface area contributed by atoms with E-state index in [9.17, 15) is 0 Å². The number of nitrogens with zero attached hydrogens (tertiary/aromatic N) is 2. The Morgan fingerprint density at radius 1 is 1.42 bits per heavy atom. The van der Waals surface area contributed by atoms with Gasteiger partial charge in [0.15, 0.2) is 11.7 Å². The van der Waals surface area contributed by atoms with Gasteiger partial charge in [-0.05, 0) is 38.4 Å². The van der Waals surface area contributed by atoms with Crippen molar-refractivity contribution in [1.29, 1.82) is 0 Å². The predicted molar refractivity (Wildman–Crippen MR) is 114 cm³/mol. The Kier molecular flexibility index (Phi) is 10.1. The van der Waals surface area contributed by atoms with Crippen LogP contribution in [0.5, 0.6) is 0 Å². The van der Waals surface area contributed by atoms with E-state index in [0.29, 0.717) is 18.5 Å². The van der Waals surface area contributed by atoms with Crippen LogP contribution in [0, 0.1) is 0 Å². The molecule has 138 valence electrons. The maximum atomic E-state index is 5.45. The number of hydrogen-bond donors (Lipinski definition) is 2. The van der Waals surface area contributed by atoms with E-state index in [1.807, 2.05) is 18.8 Å². The number of nitrogens with one attached hydrogen (secondary N) is 2. The number of thioether (sulfide) groups is 1. The largest absolute Gasteiger partial charge is 0.359 e. The Balaban J connectivity index is 0.00000288. The van der Waals surface area contributed by atoms with E-state index in [2.05, 4.69) is 47.0 Å². The van der Waals surface area contributed by atoms with Crippen LogP contribution >= 0.6 is 35.7 Å². The van der Waals surface area contributed by atoms with E-state index in [1.54, 1.807) is 0 Å². The Hall–Kier alpha value is -0.440. The quantitative estimate of drug-likeness (QED) is 0.359. The molecule has 0 saturated heterocycles. The highest BCUT2D eigenvalue weighted by Crippen LogP contribution is 2.28. The van der Waals surface area contributed by atoms with Gasteiger partial charge in [-0.1, -0.05) is 19.0 Å². The van der Waals surface area contributed by atoms with Crippen LogP contribution in [0.3, 0.4) is 0 Å². The van der Waals surface area contributed by atoms with Gasteiger partial charge in [0.2, 0.25) is 0 Å². The molecule has 1 aliphatic carbocycles. The maximum absolute atomic E-state index is 5.45. The van der Waals surface area contributed by atoms with Crippen molar-refractivity contribution >= 4 is 41.7 Å². The van der Waals surface area contributed by atoms with Crippen LogP contribution in [-0.4, -0.2) is 35.7 Å². The second-order valence-corrected chi connectivity index (χ2v) is 7.31. The molecule has 2 rings (SSSR count). The van der Waals surface area contributed by atoms with Gasteiger partial charge in [0.1, 0.15) is 0 Å². The Morgan fingerprint density at radius 3 is 2.75 bits per heavy atom. The lowest BCUT2D eigenvalue weighted by atomic mass is 9.99. The fourth-order valence-electron chi connectivity index (χ4n) is 3.16. The molecule has 2 unspecified atom stereocenters. The third-order valence-corrected chi connectivity index (χ3v) is 5.79. The molecule has 1 saturated carbocycles. The van der Waals surface area contributed by atoms with Gasteiger partial charge in [-0.15, -0.1) is 24.0 Å². The zero-order valence-corrected chi connectivity index (χ0v) is 18.3. The van der Waals surface area contributed by atoms with Crippen molar-refractivity contribution in [1.82, 2.24) is 15.8 Å². The molecule has 2 atom stereocenters. The van der Waals surface area contributed by atoms with Crippen molar-refractivity contribution < 1.29 is 4.52 Å². The van der Waals surface area contributed by atoms with E-state index in [-0.39, 0.29) is 24.0 Å². The average Bonchev–Trinajstić information content (AvgIpc) is 3.22. The molecule has 1 fully saturated rings. The first kappa shape index (κ1) is 21.6. The van der Waals surface area contributed by atoms with Gasteiger partial charge in [-0.3, -0.25) is 4.99 Å². The molecule has 0 bridgehead atoms. The summed E-state index contributed by atoms with van der Waals surface area (Å²) in [5.74, 6) is 2.20. The van der Waals surface area contributed by atoms with Crippen molar-refractivity contribution in [2.75, 3.05) is 13.3 Å². The molecule has 1 aromatic heterocycles. The maximum Gasteiger partial charge on any atom is 0.191 e. The van der Waals surface area contributed by atoms with Crippen molar-refractivity contribution in [3.05, 3.63) is 17.5 Å². The summed E-state index contributed by atoms with van der Waals surface area (Å²) in [6.45, 7) is 5.00. The average molecular weight is 466 g/mol. The highest BCUT2D eigenvalue weighted by atomic mass is 127. The summed E-state index contributed by atoms with van der Waals surface area (Å²) in [5.41, 5.74) is 1.06. The van der Waals surface area contributed by atoms with Gasteiger partial charge in [0.05, 0.1) is 12.2 Å². The summed E-state index contributed by atoms with van der Waals surface area (Å²) in [6, 6.07) is 2.59. The number of guanidine groups is 1. The molecular weight excluding hydrogens is 435 g/mol. The monoisotopic (exact) mass is 466 g/mol. The number of halogens is 1. The first-order valence-electron chi connectivity index (χ1n) is 8.65. The number of aromatic nitrogens is 1. The summed E-state index contributed by atoms with van der Waals surface area (Å²) < 4.78 is 5.45. The molecule has 1 aliphatic rings. The van der Waals surface area contributed by atoms with Crippen molar-refractivity contribution in [3.63, 3.8) is 0 Å². The molecule has 0 radical (unpaired) electrons. The third kappa shape index (κ3) is 6.13. The van der Waals surface area contributed by atoms with E-state index in [4.69, 9.17) is 4.52 Å². The lowest BCUT2D eigenvalue weighted by Gasteiger charge is -2.16. The van der Waals surface area contributed by atoms with E-state index < -0.39 is 0 Å². The first-order valence-corrected chi connectivity index (χ1v) is 9.94.